The zero-order valence-electron chi connectivity index (χ0n) is 18.5. The highest BCUT2D eigenvalue weighted by atomic mass is 35.5. The fourth-order valence-electron chi connectivity index (χ4n) is 6.73. The smallest absolute Gasteiger partial charge is 0.253 e. The highest BCUT2D eigenvalue weighted by molar-refractivity contribution is 6.32. The van der Waals surface area contributed by atoms with E-state index in [1.54, 1.807) is 23.1 Å². The Kier molecular flexibility index (Phi) is 4.42. The summed E-state index contributed by atoms with van der Waals surface area (Å²) in [5.41, 5.74) is 0.832. The Hall–Kier alpha value is -2.90. The molecule has 0 bridgehead atoms. The van der Waals surface area contributed by atoms with Crippen molar-refractivity contribution < 1.29 is 19.1 Å². The van der Waals surface area contributed by atoms with Gasteiger partial charge in [-0.1, -0.05) is 29.8 Å². The van der Waals surface area contributed by atoms with Gasteiger partial charge < -0.3 is 9.64 Å². The number of ether oxygens (including phenoxy) is 1. The third-order valence-corrected chi connectivity index (χ3v) is 8.08. The molecular formula is C25H24ClN3O4. The average Bonchev–Trinajstić information content (AvgIpc) is 3.51. The molecule has 0 radical (unpaired) electrons. The summed E-state index contributed by atoms with van der Waals surface area (Å²) in [6, 6.07) is 12.4. The van der Waals surface area contributed by atoms with Crippen LogP contribution in [-0.4, -0.2) is 48.9 Å². The number of carbonyl (C=O) groups excluding carboxylic acids is 3. The number of amides is 3. The van der Waals surface area contributed by atoms with Crippen molar-refractivity contribution in [1.29, 1.82) is 0 Å². The van der Waals surface area contributed by atoms with E-state index in [9.17, 15) is 14.4 Å². The highest BCUT2D eigenvalue weighted by Gasteiger charge is 2.75. The molecule has 4 aliphatic rings. The van der Waals surface area contributed by atoms with Crippen LogP contribution in [0, 0.1) is 11.8 Å². The number of anilines is 2. The van der Waals surface area contributed by atoms with E-state index in [2.05, 4.69) is 4.90 Å². The van der Waals surface area contributed by atoms with Crippen LogP contribution in [0.3, 0.4) is 0 Å². The molecule has 2 aromatic carbocycles. The van der Waals surface area contributed by atoms with Gasteiger partial charge in [-0.05, 0) is 50.6 Å². The van der Waals surface area contributed by atoms with Crippen molar-refractivity contribution >= 4 is 40.7 Å². The maximum Gasteiger partial charge on any atom is 0.253 e. The number of hydrogen-bond acceptors (Lipinski definition) is 5. The molecule has 3 saturated heterocycles. The van der Waals surface area contributed by atoms with Crippen LogP contribution in [0.15, 0.2) is 42.5 Å². The van der Waals surface area contributed by atoms with Gasteiger partial charge in [-0.25, -0.2) is 4.90 Å². The molecule has 2 aromatic rings. The molecule has 4 aliphatic heterocycles. The molecule has 4 heterocycles. The summed E-state index contributed by atoms with van der Waals surface area (Å²) in [6.45, 7) is 3.13. The number of para-hydroxylation sites is 1. The van der Waals surface area contributed by atoms with E-state index in [1.165, 1.54) is 12.0 Å². The van der Waals surface area contributed by atoms with Crippen molar-refractivity contribution in [3.63, 3.8) is 0 Å². The van der Waals surface area contributed by atoms with E-state index in [4.69, 9.17) is 16.3 Å². The Morgan fingerprint density at radius 2 is 1.88 bits per heavy atom. The minimum atomic E-state index is -1.16. The number of methoxy groups -OCH3 is 1. The van der Waals surface area contributed by atoms with Crippen LogP contribution in [0.1, 0.15) is 25.3 Å². The summed E-state index contributed by atoms with van der Waals surface area (Å²) in [6.07, 6.45) is 1.67. The molecule has 8 heteroatoms. The lowest BCUT2D eigenvalue weighted by Crippen LogP contribution is -2.56. The second kappa shape index (κ2) is 7.05. The standard InChI is InChI=1S/C25H24ClN3O4/c1-3-27-16-8-5-4-7-15(16)25(24(27)32)21-20(17-9-6-12-28(17)25)22(30)29(23(21)31)18-13-14(26)10-11-19(18)33-2/h4-5,7-8,10-11,13,17,20-21H,3,6,9,12H2,1-2H3/t17-,20-,21-,25-/m1/s1. The first-order valence-corrected chi connectivity index (χ1v) is 11.7. The van der Waals surface area contributed by atoms with Gasteiger partial charge in [-0.2, -0.15) is 0 Å². The Bertz CT molecular complexity index is 1220. The number of imide groups is 1. The van der Waals surface area contributed by atoms with Gasteiger partial charge in [0.05, 0.1) is 24.6 Å². The average molecular weight is 466 g/mol. The lowest BCUT2D eigenvalue weighted by Gasteiger charge is -2.37. The number of rotatable bonds is 3. The van der Waals surface area contributed by atoms with Crippen molar-refractivity contribution in [3.8, 4) is 5.75 Å². The number of hydrogen-bond donors (Lipinski definition) is 0. The highest BCUT2D eigenvalue weighted by Crippen LogP contribution is 2.62. The molecule has 3 amide bonds. The van der Waals surface area contributed by atoms with Crippen LogP contribution in [0.4, 0.5) is 11.4 Å². The molecule has 0 aromatic heterocycles. The van der Waals surface area contributed by atoms with Crippen LogP contribution >= 0.6 is 11.6 Å². The first-order valence-electron chi connectivity index (χ1n) is 11.4. The number of likely N-dealkylation sites (N-methyl/N-ethyl adjacent to an activating group) is 1. The summed E-state index contributed by atoms with van der Waals surface area (Å²) in [4.78, 5) is 47.3. The first-order chi connectivity index (χ1) is 16.0. The maximum absolute atomic E-state index is 14.1. The molecule has 33 heavy (non-hydrogen) atoms. The molecule has 0 aliphatic carbocycles. The Morgan fingerprint density at radius 3 is 2.64 bits per heavy atom. The van der Waals surface area contributed by atoms with Gasteiger partial charge in [0, 0.05) is 28.9 Å². The Labute approximate surface area is 196 Å². The van der Waals surface area contributed by atoms with Gasteiger partial charge in [-0.15, -0.1) is 0 Å². The van der Waals surface area contributed by atoms with Crippen LogP contribution < -0.4 is 14.5 Å². The fraction of sp³-hybridized carbons (Fsp3) is 0.400. The molecule has 4 atom stereocenters. The fourth-order valence-corrected chi connectivity index (χ4v) is 6.90. The third kappa shape index (κ3) is 2.36. The third-order valence-electron chi connectivity index (χ3n) is 7.84. The predicted molar refractivity (Wildman–Crippen MR) is 123 cm³/mol. The quantitative estimate of drug-likeness (QED) is 0.651. The zero-order chi connectivity index (χ0) is 23.1. The number of fused-ring (bicyclic) bond motifs is 7. The second-order valence-electron chi connectivity index (χ2n) is 9.07. The van der Waals surface area contributed by atoms with E-state index < -0.39 is 17.4 Å². The Balaban J connectivity index is 1.57. The minimum absolute atomic E-state index is 0.105. The van der Waals surface area contributed by atoms with Gasteiger partial charge in [0.25, 0.3) is 5.91 Å². The van der Waals surface area contributed by atoms with E-state index >= 15 is 0 Å². The van der Waals surface area contributed by atoms with Crippen molar-refractivity contribution in [1.82, 2.24) is 4.90 Å². The second-order valence-corrected chi connectivity index (χ2v) is 9.50. The normalized spacial score (nSPS) is 30.4. The largest absolute Gasteiger partial charge is 0.495 e. The maximum atomic E-state index is 14.1. The molecule has 3 fully saturated rings. The van der Waals surface area contributed by atoms with Crippen molar-refractivity contribution in [2.45, 2.75) is 31.3 Å². The minimum Gasteiger partial charge on any atom is -0.495 e. The van der Waals surface area contributed by atoms with Crippen molar-refractivity contribution in [3.05, 3.63) is 53.1 Å². The number of nitrogens with zero attached hydrogens (tertiary/aromatic N) is 3. The lowest BCUT2D eigenvalue weighted by atomic mass is 9.75. The van der Waals surface area contributed by atoms with Gasteiger partial charge >= 0.3 is 0 Å². The summed E-state index contributed by atoms with van der Waals surface area (Å²) in [5.74, 6) is -1.72. The van der Waals surface area contributed by atoms with Crippen LogP contribution in [-0.2, 0) is 19.9 Å². The lowest BCUT2D eigenvalue weighted by molar-refractivity contribution is -0.137. The van der Waals surface area contributed by atoms with Crippen LogP contribution in [0.25, 0.3) is 0 Å². The molecule has 0 saturated carbocycles. The zero-order valence-corrected chi connectivity index (χ0v) is 19.2. The molecule has 6 rings (SSSR count). The molecule has 0 N–H and O–H groups in total. The molecule has 1 spiro atoms. The van der Waals surface area contributed by atoms with Gasteiger partial charge in [0.2, 0.25) is 11.8 Å². The SMILES string of the molecule is CCN1C(=O)[C@@]2(c3ccccc31)[C@H]1C(=O)N(c3cc(Cl)ccc3OC)C(=O)[C@@H]1[C@H]1CCCN12. The van der Waals surface area contributed by atoms with Crippen molar-refractivity contribution in [2.24, 2.45) is 11.8 Å². The van der Waals surface area contributed by atoms with Gasteiger partial charge in [0.15, 0.2) is 0 Å². The number of carbonyl (C=O) groups is 3. The molecule has 0 unspecified atom stereocenters. The van der Waals surface area contributed by atoms with Crippen LogP contribution in [0.5, 0.6) is 5.75 Å². The summed E-state index contributed by atoms with van der Waals surface area (Å²) >= 11 is 6.23. The number of halogens is 1. The van der Waals surface area contributed by atoms with E-state index in [0.29, 0.717) is 29.5 Å². The monoisotopic (exact) mass is 465 g/mol. The summed E-state index contributed by atoms with van der Waals surface area (Å²) < 4.78 is 5.46. The van der Waals surface area contributed by atoms with Crippen LogP contribution in [0.2, 0.25) is 5.02 Å². The Morgan fingerprint density at radius 1 is 1.09 bits per heavy atom. The van der Waals surface area contributed by atoms with E-state index in [0.717, 1.165) is 24.1 Å². The van der Waals surface area contributed by atoms with Gasteiger partial charge in [-0.3, -0.25) is 19.3 Å². The van der Waals surface area contributed by atoms with E-state index in [1.807, 2.05) is 31.2 Å². The predicted octanol–water partition coefficient (Wildman–Crippen LogP) is 3.19. The van der Waals surface area contributed by atoms with E-state index in [-0.39, 0.29) is 23.8 Å². The van der Waals surface area contributed by atoms with Gasteiger partial charge in [0.1, 0.15) is 11.3 Å². The molecule has 7 nitrogen and oxygen atoms in total. The summed E-state index contributed by atoms with van der Waals surface area (Å²) in [7, 11) is 1.49. The summed E-state index contributed by atoms with van der Waals surface area (Å²) in [5, 5.41) is 0.403. The van der Waals surface area contributed by atoms with Crippen molar-refractivity contribution in [2.75, 3.05) is 30.0 Å². The molecule has 170 valence electrons. The molecular weight excluding hydrogens is 442 g/mol. The number of benzene rings is 2. The topological polar surface area (TPSA) is 70.2 Å². The first kappa shape index (κ1) is 20.7.